The second-order valence-corrected chi connectivity index (χ2v) is 6.29. The summed E-state index contributed by atoms with van der Waals surface area (Å²) in [5.74, 6) is 0. The molecule has 0 aliphatic carbocycles. The molecule has 0 bridgehead atoms. The van der Waals surface area contributed by atoms with Crippen molar-refractivity contribution in [2.75, 3.05) is 12.8 Å². The van der Waals surface area contributed by atoms with Gasteiger partial charge in [-0.2, -0.15) is 0 Å². The third-order valence-electron chi connectivity index (χ3n) is 2.84. The first kappa shape index (κ1) is 12.5. The van der Waals surface area contributed by atoms with Gasteiger partial charge in [0, 0.05) is 18.5 Å². The van der Waals surface area contributed by atoms with Gasteiger partial charge in [0.2, 0.25) is 0 Å². The summed E-state index contributed by atoms with van der Waals surface area (Å²) in [6, 6.07) is 6.31. The predicted molar refractivity (Wildman–Crippen MR) is 81.3 cm³/mol. The molecule has 0 fully saturated rings. The average molecular weight is 290 g/mol. The van der Waals surface area contributed by atoms with Crippen molar-refractivity contribution in [1.82, 2.24) is 14.9 Å². The molecule has 0 spiro atoms. The van der Waals surface area contributed by atoms with Crippen LogP contribution in [0, 0.1) is 0 Å². The lowest BCUT2D eigenvalue weighted by Gasteiger charge is -2.15. The molecule has 3 aromatic rings. The van der Waals surface area contributed by atoms with Gasteiger partial charge in [0.05, 0.1) is 21.4 Å². The Balaban J connectivity index is 1.73. The Hall–Kier alpha value is -1.50. The summed E-state index contributed by atoms with van der Waals surface area (Å²) in [6.45, 7) is 1.76. The fourth-order valence-electron chi connectivity index (χ4n) is 2.04. The van der Waals surface area contributed by atoms with Gasteiger partial charge in [-0.3, -0.25) is 4.90 Å². The van der Waals surface area contributed by atoms with Gasteiger partial charge in [-0.25, -0.2) is 9.97 Å². The van der Waals surface area contributed by atoms with E-state index in [0.717, 1.165) is 29.0 Å². The van der Waals surface area contributed by atoms with Crippen LogP contribution < -0.4 is 5.73 Å². The standard InChI is InChI=1S/C13H14N4S2/c1-17(6-10-7-18-8-15-10)5-9-2-3-11-12(4-9)19-13(14)16-11/h2-4,7-8H,5-6H2,1H3,(H2,14,16). The molecular formula is C13H14N4S2. The molecule has 3 rings (SSSR count). The van der Waals surface area contributed by atoms with Crippen molar-refractivity contribution >= 4 is 38.0 Å². The van der Waals surface area contributed by atoms with Crippen LogP contribution in [0.5, 0.6) is 0 Å². The zero-order valence-corrected chi connectivity index (χ0v) is 12.2. The number of nitrogens with zero attached hydrogens (tertiary/aromatic N) is 3. The summed E-state index contributed by atoms with van der Waals surface area (Å²) < 4.78 is 1.15. The van der Waals surface area contributed by atoms with Crippen LogP contribution in [0.15, 0.2) is 29.1 Å². The molecule has 0 saturated heterocycles. The van der Waals surface area contributed by atoms with E-state index in [1.807, 2.05) is 11.6 Å². The predicted octanol–water partition coefficient (Wildman–Crippen LogP) is 2.97. The largest absolute Gasteiger partial charge is 0.375 e. The normalized spacial score (nSPS) is 11.5. The minimum Gasteiger partial charge on any atom is -0.375 e. The number of nitrogens with two attached hydrogens (primary N) is 1. The molecule has 2 N–H and O–H groups in total. The maximum Gasteiger partial charge on any atom is 0.181 e. The highest BCUT2D eigenvalue weighted by atomic mass is 32.1. The van der Waals surface area contributed by atoms with E-state index in [1.165, 1.54) is 16.9 Å². The van der Waals surface area contributed by atoms with Crippen molar-refractivity contribution < 1.29 is 0 Å². The number of hydrogen-bond donors (Lipinski definition) is 1. The van der Waals surface area contributed by atoms with Gasteiger partial charge in [0.15, 0.2) is 5.13 Å². The minimum absolute atomic E-state index is 0.628. The highest BCUT2D eigenvalue weighted by Gasteiger charge is 2.06. The van der Waals surface area contributed by atoms with E-state index in [0.29, 0.717) is 5.13 Å². The first-order chi connectivity index (χ1) is 9.20. The molecule has 98 valence electrons. The first-order valence-electron chi connectivity index (χ1n) is 5.91. The van der Waals surface area contributed by atoms with Crippen LogP contribution in [0.4, 0.5) is 5.13 Å². The van der Waals surface area contributed by atoms with Crippen LogP contribution in [-0.2, 0) is 13.1 Å². The molecule has 0 aliphatic heterocycles. The Morgan fingerprint density at radius 1 is 1.32 bits per heavy atom. The summed E-state index contributed by atoms with van der Waals surface area (Å²) in [4.78, 5) is 10.8. The maximum absolute atomic E-state index is 5.72. The number of hydrogen-bond acceptors (Lipinski definition) is 6. The number of aromatic nitrogens is 2. The third-order valence-corrected chi connectivity index (χ3v) is 4.32. The molecule has 1 aromatic carbocycles. The van der Waals surface area contributed by atoms with Gasteiger partial charge in [0.1, 0.15) is 0 Å². The van der Waals surface area contributed by atoms with Gasteiger partial charge in [0.25, 0.3) is 0 Å². The number of fused-ring (bicyclic) bond motifs is 1. The lowest BCUT2D eigenvalue weighted by Crippen LogP contribution is -2.17. The molecule has 6 heteroatoms. The van der Waals surface area contributed by atoms with Crippen LogP contribution >= 0.6 is 22.7 Å². The van der Waals surface area contributed by atoms with Crippen molar-refractivity contribution in [2.24, 2.45) is 0 Å². The quantitative estimate of drug-likeness (QED) is 0.802. The monoisotopic (exact) mass is 290 g/mol. The number of thiazole rings is 2. The van der Waals surface area contributed by atoms with Gasteiger partial charge in [-0.05, 0) is 24.7 Å². The Bertz CT molecular complexity index is 675. The minimum atomic E-state index is 0.628. The lowest BCUT2D eigenvalue weighted by molar-refractivity contribution is 0.316. The zero-order valence-electron chi connectivity index (χ0n) is 10.5. The third kappa shape index (κ3) is 2.91. The van der Waals surface area contributed by atoms with E-state index in [2.05, 4.69) is 39.4 Å². The Morgan fingerprint density at radius 3 is 3.00 bits per heavy atom. The van der Waals surface area contributed by atoms with Gasteiger partial charge >= 0.3 is 0 Å². The van der Waals surface area contributed by atoms with Gasteiger partial charge < -0.3 is 5.73 Å². The summed E-state index contributed by atoms with van der Waals surface area (Å²) in [6.07, 6.45) is 0. The molecule has 0 unspecified atom stereocenters. The molecule has 0 aliphatic rings. The van der Waals surface area contributed by atoms with E-state index in [1.54, 1.807) is 11.3 Å². The van der Waals surface area contributed by atoms with Crippen LogP contribution in [0.2, 0.25) is 0 Å². The number of anilines is 1. The molecule has 0 saturated carbocycles. The number of benzene rings is 1. The Kier molecular flexibility index (Phi) is 3.46. The van der Waals surface area contributed by atoms with E-state index < -0.39 is 0 Å². The summed E-state index contributed by atoms with van der Waals surface area (Å²) in [7, 11) is 2.10. The van der Waals surface area contributed by atoms with Crippen molar-refractivity contribution in [3.63, 3.8) is 0 Å². The molecule has 0 atom stereocenters. The molecule has 4 nitrogen and oxygen atoms in total. The zero-order chi connectivity index (χ0) is 13.2. The molecule has 19 heavy (non-hydrogen) atoms. The SMILES string of the molecule is CN(Cc1ccc2nc(N)sc2c1)Cc1cscn1. The molecule has 2 heterocycles. The van der Waals surface area contributed by atoms with Crippen LogP contribution in [-0.4, -0.2) is 21.9 Å². The molecule has 2 aromatic heterocycles. The maximum atomic E-state index is 5.72. The Labute approximate surface area is 119 Å². The molecule has 0 amide bonds. The van der Waals surface area contributed by atoms with Crippen molar-refractivity contribution in [1.29, 1.82) is 0 Å². The highest BCUT2D eigenvalue weighted by Crippen LogP contribution is 2.25. The lowest BCUT2D eigenvalue weighted by atomic mass is 10.2. The summed E-state index contributed by atoms with van der Waals surface area (Å²) >= 11 is 3.17. The fraction of sp³-hybridized carbons (Fsp3) is 0.231. The van der Waals surface area contributed by atoms with Crippen LogP contribution in [0.25, 0.3) is 10.2 Å². The highest BCUT2D eigenvalue weighted by molar-refractivity contribution is 7.22. The number of rotatable bonds is 4. The van der Waals surface area contributed by atoms with Crippen molar-refractivity contribution in [3.05, 3.63) is 40.3 Å². The van der Waals surface area contributed by atoms with Gasteiger partial charge in [-0.1, -0.05) is 17.4 Å². The number of nitrogen functional groups attached to an aromatic ring is 1. The van der Waals surface area contributed by atoms with Crippen LogP contribution in [0.3, 0.4) is 0 Å². The second-order valence-electron chi connectivity index (χ2n) is 4.51. The molecular weight excluding hydrogens is 276 g/mol. The smallest absolute Gasteiger partial charge is 0.181 e. The first-order valence-corrected chi connectivity index (χ1v) is 7.67. The van der Waals surface area contributed by atoms with Crippen molar-refractivity contribution in [3.8, 4) is 0 Å². The van der Waals surface area contributed by atoms with E-state index in [9.17, 15) is 0 Å². The van der Waals surface area contributed by atoms with E-state index in [-0.39, 0.29) is 0 Å². The second kappa shape index (κ2) is 5.24. The molecule has 0 radical (unpaired) electrons. The summed E-state index contributed by atoms with van der Waals surface area (Å²) in [5, 5.41) is 2.71. The summed E-state index contributed by atoms with van der Waals surface area (Å²) in [5.41, 5.74) is 11.0. The van der Waals surface area contributed by atoms with Crippen LogP contribution in [0.1, 0.15) is 11.3 Å². The van der Waals surface area contributed by atoms with E-state index >= 15 is 0 Å². The topological polar surface area (TPSA) is 55.0 Å². The average Bonchev–Trinajstić information content (AvgIpc) is 2.96. The van der Waals surface area contributed by atoms with E-state index in [4.69, 9.17) is 5.73 Å². The van der Waals surface area contributed by atoms with Crippen molar-refractivity contribution in [2.45, 2.75) is 13.1 Å². The Morgan fingerprint density at radius 2 is 2.21 bits per heavy atom. The fourth-order valence-corrected chi connectivity index (χ4v) is 3.39. The van der Waals surface area contributed by atoms with Gasteiger partial charge in [-0.15, -0.1) is 11.3 Å².